The number of hydrogen-bond acceptors (Lipinski definition) is 5. The molecule has 0 amide bonds. The van der Waals surface area contributed by atoms with Crippen LogP contribution < -0.4 is 10.6 Å². The third-order valence-electron chi connectivity index (χ3n) is 5.30. The minimum atomic E-state index is 0.419. The average Bonchev–Trinajstić information content (AvgIpc) is 2.69. The van der Waals surface area contributed by atoms with E-state index < -0.39 is 0 Å². The Balaban J connectivity index is 1.61. The van der Waals surface area contributed by atoms with Crippen molar-refractivity contribution in [3.05, 3.63) is 0 Å². The molecule has 27 heavy (non-hydrogen) atoms. The number of aliphatic imine (C=N–C) groups is 1. The molecule has 2 aliphatic heterocycles. The molecule has 2 unspecified atom stereocenters. The molecule has 0 aromatic heterocycles. The lowest BCUT2D eigenvalue weighted by Gasteiger charge is -2.37. The van der Waals surface area contributed by atoms with Gasteiger partial charge in [-0.1, -0.05) is 0 Å². The molecule has 158 valence electrons. The molecular formula is C20H40N4O3. The van der Waals surface area contributed by atoms with Crippen molar-refractivity contribution >= 4 is 5.96 Å². The van der Waals surface area contributed by atoms with Crippen LogP contribution in [-0.4, -0.2) is 88.8 Å². The van der Waals surface area contributed by atoms with Crippen molar-refractivity contribution < 1.29 is 14.2 Å². The van der Waals surface area contributed by atoms with E-state index in [1.807, 2.05) is 0 Å². The quantitative estimate of drug-likeness (QED) is 0.338. The van der Waals surface area contributed by atoms with Crippen LogP contribution in [0.3, 0.4) is 0 Å². The topological polar surface area (TPSA) is 67.4 Å². The molecule has 2 N–H and O–H groups in total. The highest BCUT2D eigenvalue weighted by Gasteiger charge is 2.23. The molecule has 0 radical (unpaired) electrons. The molecule has 0 aliphatic carbocycles. The Morgan fingerprint density at radius 2 is 2.04 bits per heavy atom. The summed E-state index contributed by atoms with van der Waals surface area (Å²) in [4.78, 5) is 7.26. The van der Waals surface area contributed by atoms with Crippen molar-refractivity contribution in [1.82, 2.24) is 15.5 Å². The van der Waals surface area contributed by atoms with Crippen molar-refractivity contribution in [3.8, 4) is 0 Å². The van der Waals surface area contributed by atoms with Crippen LogP contribution in [-0.2, 0) is 14.2 Å². The van der Waals surface area contributed by atoms with E-state index in [-0.39, 0.29) is 0 Å². The number of nitrogens with one attached hydrogen (secondary N) is 2. The zero-order chi connectivity index (χ0) is 19.3. The van der Waals surface area contributed by atoms with Gasteiger partial charge in [0.1, 0.15) is 0 Å². The first-order valence-electron chi connectivity index (χ1n) is 10.7. The summed E-state index contributed by atoms with van der Waals surface area (Å²) in [6.45, 7) is 15.2. The van der Waals surface area contributed by atoms with Crippen LogP contribution in [0.15, 0.2) is 4.99 Å². The molecule has 2 aliphatic rings. The predicted molar refractivity (Wildman–Crippen MR) is 109 cm³/mol. The first-order chi connectivity index (χ1) is 13.2. The Morgan fingerprint density at radius 3 is 2.78 bits per heavy atom. The SMILES string of the molecule is CCNC(=NCC(C)N1CCOCC1C)NCCCOCC1CCOCC1. The second kappa shape index (κ2) is 13.3. The monoisotopic (exact) mass is 384 g/mol. The molecule has 0 saturated carbocycles. The minimum absolute atomic E-state index is 0.419. The maximum atomic E-state index is 5.83. The summed E-state index contributed by atoms with van der Waals surface area (Å²) >= 11 is 0. The number of rotatable bonds is 10. The lowest BCUT2D eigenvalue weighted by Crippen LogP contribution is -2.49. The van der Waals surface area contributed by atoms with E-state index in [9.17, 15) is 0 Å². The van der Waals surface area contributed by atoms with E-state index in [0.717, 1.165) is 91.0 Å². The second-order valence-corrected chi connectivity index (χ2v) is 7.64. The summed E-state index contributed by atoms with van der Waals surface area (Å²) in [6, 6.07) is 0.884. The van der Waals surface area contributed by atoms with Crippen molar-refractivity contribution in [3.63, 3.8) is 0 Å². The van der Waals surface area contributed by atoms with Gasteiger partial charge in [-0.25, -0.2) is 0 Å². The fourth-order valence-corrected chi connectivity index (χ4v) is 3.61. The average molecular weight is 385 g/mol. The summed E-state index contributed by atoms with van der Waals surface area (Å²) in [5.74, 6) is 1.57. The van der Waals surface area contributed by atoms with Crippen LogP contribution in [0.25, 0.3) is 0 Å². The molecule has 2 fully saturated rings. The van der Waals surface area contributed by atoms with Crippen LogP contribution in [0.5, 0.6) is 0 Å². The van der Waals surface area contributed by atoms with Crippen LogP contribution in [0.2, 0.25) is 0 Å². The second-order valence-electron chi connectivity index (χ2n) is 7.64. The Kier molecular flexibility index (Phi) is 11.0. The predicted octanol–water partition coefficient (Wildman–Crippen LogP) is 1.48. The third-order valence-corrected chi connectivity index (χ3v) is 5.30. The van der Waals surface area contributed by atoms with E-state index in [1.165, 1.54) is 0 Å². The van der Waals surface area contributed by atoms with Crippen molar-refractivity contribution in [2.24, 2.45) is 10.9 Å². The molecule has 0 bridgehead atoms. The Hall–Kier alpha value is -0.890. The lowest BCUT2D eigenvalue weighted by molar-refractivity contribution is -0.0165. The zero-order valence-electron chi connectivity index (χ0n) is 17.5. The maximum absolute atomic E-state index is 5.83. The summed E-state index contributed by atoms with van der Waals surface area (Å²) in [5.41, 5.74) is 0. The molecule has 7 heteroatoms. The molecule has 0 aromatic rings. The van der Waals surface area contributed by atoms with E-state index >= 15 is 0 Å². The number of guanidine groups is 1. The van der Waals surface area contributed by atoms with Gasteiger partial charge in [0, 0.05) is 58.1 Å². The largest absolute Gasteiger partial charge is 0.381 e. The summed E-state index contributed by atoms with van der Waals surface area (Å²) < 4.78 is 16.7. The zero-order valence-corrected chi connectivity index (χ0v) is 17.5. The van der Waals surface area contributed by atoms with Gasteiger partial charge in [0.2, 0.25) is 0 Å². The van der Waals surface area contributed by atoms with Crippen LogP contribution in [0, 0.1) is 5.92 Å². The van der Waals surface area contributed by atoms with Gasteiger partial charge in [-0.2, -0.15) is 0 Å². The van der Waals surface area contributed by atoms with Gasteiger partial charge in [0.05, 0.1) is 19.8 Å². The summed E-state index contributed by atoms with van der Waals surface area (Å²) in [7, 11) is 0. The minimum Gasteiger partial charge on any atom is -0.381 e. The molecule has 7 nitrogen and oxygen atoms in total. The van der Waals surface area contributed by atoms with Gasteiger partial charge in [-0.15, -0.1) is 0 Å². The number of nitrogens with zero attached hydrogens (tertiary/aromatic N) is 2. The highest BCUT2D eigenvalue weighted by atomic mass is 16.5. The molecule has 2 saturated heterocycles. The Morgan fingerprint density at radius 1 is 1.22 bits per heavy atom. The first kappa shape index (κ1) is 22.4. The van der Waals surface area contributed by atoms with E-state index in [1.54, 1.807) is 0 Å². The van der Waals surface area contributed by atoms with Crippen LogP contribution >= 0.6 is 0 Å². The Labute approximate surface area is 165 Å². The number of morpholine rings is 1. The highest BCUT2D eigenvalue weighted by Crippen LogP contribution is 2.14. The van der Waals surface area contributed by atoms with Gasteiger partial charge in [0.15, 0.2) is 5.96 Å². The smallest absolute Gasteiger partial charge is 0.191 e. The standard InChI is InChI=1S/C20H40N4O3/c1-4-21-20(23-14-17(2)24-9-13-27-15-18(24)3)22-8-5-10-26-16-19-6-11-25-12-7-19/h17-19H,4-16H2,1-3H3,(H2,21,22,23). The van der Waals surface area contributed by atoms with Gasteiger partial charge in [0.25, 0.3) is 0 Å². The summed E-state index contributed by atoms with van der Waals surface area (Å²) in [5, 5.41) is 6.76. The van der Waals surface area contributed by atoms with Gasteiger partial charge < -0.3 is 24.8 Å². The fourth-order valence-electron chi connectivity index (χ4n) is 3.61. The van der Waals surface area contributed by atoms with Crippen LogP contribution in [0.1, 0.15) is 40.0 Å². The molecule has 2 atom stereocenters. The Bertz CT molecular complexity index is 416. The number of ether oxygens (including phenoxy) is 3. The fraction of sp³-hybridized carbons (Fsp3) is 0.950. The summed E-state index contributed by atoms with van der Waals surface area (Å²) in [6.07, 6.45) is 3.26. The molecule has 2 rings (SSSR count). The van der Waals surface area contributed by atoms with E-state index in [4.69, 9.17) is 19.2 Å². The lowest BCUT2D eigenvalue weighted by atomic mass is 10.0. The maximum Gasteiger partial charge on any atom is 0.191 e. The van der Waals surface area contributed by atoms with Gasteiger partial charge in [-0.3, -0.25) is 9.89 Å². The van der Waals surface area contributed by atoms with Crippen molar-refractivity contribution in [2.75, 3.05) is 65.8 Å². The molecule has 0 spiro atoms. The van der Waals surface area contributed by atoms with E-state index in [0.29, 0.717) is 18.0 Å². The van der Waals surface area contributed by atoms with E-state index in [2.05, 4.69) is 36.3 Å². The van der Waals surface area contributed by atoms with Gasteiger partial charge >= 0.3 is 0 Å². The van der Waals surface area contributed by atoms with Gasteiger partial charge in [-0.05, 0) is 46.0 Å². The van der Waals surface area contributed by atoms with Crippen molar-refractivity contribution in [2.45, 2.75) is 52.1 Å². The number of hydrogen-bond donors (Lipinski definition) is 2. The normalized spacial score (nSPS) is 24.0. The molecule has 0 aromatic carbocycles. The third kappa shape index (κ3) is 8.77. The first-order valence-corrected chi connectivity index (χ1v) is 10.7. The molecular weight excluding hydrogens is 344 g/mol. The highest BCUT2D eigenvalue weighted by molar-refractivity contribution is 5.79. The van der Waals surface area contributed by atoms with Crippen molar-refractivity contribution in [1.29, 1.82) is 0 Å². The molecule has 2 heterocycles. The van der Waals surface area contributed by atoms with Crippen LogP contribution in [0.4, 0.5) is 0 Å².